The van der Waals surface area contributed by atoms with E-state index in [-0.39, 0.29) is 38.3 Å². The van der Waals surface area contributed by atoms with Crippen molar-refractivity contribution >= 4 is 11.9 Å². The molecular weight excluding hydrogens is 384 g/mol. The van der Waals surface area contributed by atoms with Crippen LogP contribution >= 0.6 is 0 Å². The van der Waals surface area contributed by atoms with Crippen molar-refractivity contribution in [3.63, 3.8) is 0 Å². The van der Waals surface area contributed by atoms with Crippen LogP contribution in [-0.2, 0) is 41.4 Å². The summed E-state index contributed by atoms with van der Waals surface area (Å²) in [6, 6.07) is 16.3. The van der Waals surface area contributed by atoms with Gasteiger partial charge in [0.25, 0.3) is 0 Å². The lowest BCUT2D eigenvalue weighted by atomic mass is 9.85. The van der Waals surface area contributed by atoms with E-state index in [2.05, 4.69) is 24.3 Å². The lowest BCUT2D eigenvalue weighted by Gasteiger charge is -2.29. The van der Waals surface area contributed by atoms with E-state index in [1.54, 1.807) is 0 Å². The number of rotatable bonds is 11. The summed E-state index contributed by atoms with van der Waals surface area (Å²) in [6.45, 7) is 1.06. The van der Waals surface area contributed by atoms with Crippen LogP contribution in [0.25, 0.3) is 0 Å². The molecule has 2 aliphatic rings. The predicted molar refractivity (Wildman–Crippen MR) is 109 cm³/mol. The minimum absolute atomic E-state index is 0.00194. The molecule has 0 heterocycles. The minimum Gasteiger partial charge on any atom is -0.463 e. The van der Waals surface area contributed by atoms with Gasteiger partial charge in [-0.1, -0.05) is 48.5 Å². The van der Waals surface area contributed by atoms with Crippen LogP contribution in [0.1, 0.15) is 47.3 Å². The molecule has 2 aromatic carbocycles. The number of carbonyl (C=O) groups excluding carboxylic acids is 2. The highest BCUT2D eigenvalue weighted by molar-refractivity contribution is 5.77. The van der Waals surface area contributed by atoms with Gasteiger partial charge in [0.1, 0.15) is 13.2 Å². The standard InChI is InChI=1S/C24H26O6/c25-23(29-13-11-27-21-15-17-5-1-3-7-19(17)21)9-10-24(26)30-14-12-28-22-16-18-6-2-4-8-20(18)22/h1-8,21-22H,9-16H2. The van der Waals surface area contributed by atoms with Crippen molar-refractivity contribution in [1.82, 2.24) is 0 Å². The van der Waals surface area contributed by atoms with Crippen molar-refractivity contribution < 1.29 is 28.5 Å². The molecule has 6 heteroatoms. The predicted octanol–water partition coefficient (Wildman–Crippen LogP) is 3.48. The molecule has 4 rings (SSSR count). The van der Waals surface area contributed by atoms with E-state index in [1.165, 1.54) is 22.3 Å². The summed E-state index contributed by atoms with van der Waals surface area (Å²) < 4.78 is 21.7. The summed E-state index contributed by atoms with van der Waals surface area (Å²) in [4.78, 5) is 23.5. The SMILES string of the molecule is O=C(CCC(=O)OCCOC1Cc2ccccc21)OCCOC1Cc2ccccc21. The van der Waals surface area contributed by atoms with Crippen molar-refractivity contribution in [3.05, 3.63) is 70.8 Å². The Kier molecular flexibility index (Phi) is 6.77. The zero-order valence-corrected chi connectivity index (χ0v) is 16.9. The molecule has 6 nitrogen and oxygen atoms in total. The Morgan fingerprint density at radius 2 is 1.10 bits per heavy atom. The maximum atomic E-state index is 11.7. The minimum atomic E-state index is -0.424. The van der Waals surface area contributed by atoms with E-state index in [4.69, 9.17) is 18.9 Å². The van der Waals surface area contributed by atoms with Crippen LogP contribution < -0.4 is 0 Å². The molecule has 2 aliphatic carbocycles. The van der Waals surface area contributed by atoms with Gasteiger partial charge in [0.2, 0.25) is 0 Å². The Labute approximate surface area is 176 Å². The van der Waals surface area contributed by atoms with Gasteiger partial charge in [-0.25, -0.2) is 0 Å². The lowest BCUT2D eigenvalue weighted by molar-refractivity contribution is -0.152. The molecule has 0 radical (unpaired) electrons. The molecule has 0 saturated carbocycles. The molecule has 0 aromatic heterocycles. The number of hydrogen-bond acceptors (Lipinski definition) is 6. The third-order valence-corrected chi connectivity index (χ3v) is 5.48. The van der Waals surface area contributed by atoms with Gasteiger partial charge in [0.15, 0.2) is 0 Å². The molecule has 30 heavy (non-hydrogen) atoms. The van der Waals surface area contributed by atoms with Crippen molar-refractivity contribution in [3.8, 4) is 0 Å². The summed E-state index contributed by atoms with van der Waals surface area (Å²) >= 11 is 0. The van der Waals surface area contributed by atoms with Crippen LogP contribution in [0.3, 0.4) is 0 Å². The Balaban J connectivity index is 1.00. The third-order valence-electron chi connectivity index (χ3n) is 5.48. The fourth-order valence-corrected chi connectivity index (χ4v) is 3.76. The average molecular weight is 410 g/mol. The molecule has 0 amide bonds. The van der Waals surface area contributed by atoms with Gasteiger partial charge >= 0.3 is 11.9 Å². The molecule has 0 bridgehead atoms. The molecule has 0 fully saturated rings. The van der Waals surface area contributed by atoms with Crippen LogP contribution in [0.4, 0.5) is 0 Å². The zero-order valence-electron chi connectivity index (χ0n) is 16.9. The number of carbonyl (C=O) groups is 2. The first-order valence-electron chi connectivity index (χ1n) is 10.4. The Morgan fingerprint density at radius 1 is 0.667 bits per heavy atom. The molecule has 0 N–H and O–H groups in total. The summed E-state index contributed by atoms with van der Waals surface area (Å²) in [6.07, 6.45) is 1.97. The maximum absolute atomic E-state index is 11.7. The largest absolute Gasteiger partial charge is 0.463 e. The Bertz CT molecular complexity index is 819. The molecule has 2 unspecified atom stereocenters. The van der Waals surface area contributed by atoms with Gasteiger partial charge in [-0.3, -0.25) is 9.59 Å². The molecule has 158 valence electrons. The topological polar surface area (TPSA) is 71.1 Å². The fourth-order valence-electron chi connectivity index (χ4n) is 3.76. The lowest BCUT2D eigenvalue weighted by Crippen LogP contribution is -2.22. The van der Waals surface area contributed by atoms with E-state index >= 15 is 0 Å². The monoisotopic (exact) mass is 410 g/mol. The van der Waals surface area contributed by atoms with Gasteiger partial charge in [0.05, 0.1) is 38.3 Å². The van der Waals surface area contributed by atoms with E-state index in [0.29, 0.717) is 13.2 Å². The summed E-state index contributed by atoms with van der Waals surface area (Å²) in [5, 5.41) is 0. The second kappa shape index (κ2) is 9.87. The van der Waals surface area contributed by atoms with E-state index in [1.807, 2.05) is 24.3 Å². The highest BCUT2D eigenvalue weighted by Gasteiger charge is 2.26. The molecule has 0 spiro atoms. The van der Waals surface area contributed by atoms with Gasteiger partial charge in [-0.15, -0.1) is 0 Å². The average Bonchev–Trinajstić information content (AvgIpc) is 2.72. The summed E-state index contributed by atoms with van der Waals surface area (Å²) in [7, 11) is 0. The van der Waals surface area contributed by atoms with Crippen molar-refractivity contribution in [2.45, 2.75) is 37.9 Å². The first kappa shape index (κ1) is 20.6. The van der Waals surface area contributed by atoms with Crippen molar-refractivity contribution in [2.24, 2.45) is 0 Å². The first-order valence-corrected chi connectivity index (χ1v) is 10.4. The van der Waals surface area contributed by atoms with Crippen molar-refractivity contribution in [2.75, 3.05) is 26.4 Å². The van der Waals surface area contributed by atoms with Crippen LogP contribution in [0.2, 0.25) is 0 Å². The second-order valence-electron chi connectivity index (χ2n) is 7.47. The first-order chi connectivity index (χ1) is 14.7. The van der Waals surface area contributed by atoms with Gasteiger partial charge in [-0.2, -0.15) is 0 Å². The number of fused-ring (bicyclic) bond motifs is 2. The van der Waals surface area contributed by atoms with Crippen LogP contribution in [0.5, 0.6) is 0 Å². The van der Waals surface area contributed by atoms with Crippen LogP contribution in [-0.4, -0.2) is 38.4 Å². The Morgan fingerprint density at radius 3 is 1.53 bits per heavy atom. The fraction of sp³-hybridized carbons (Fsp3) is 0.417. The smallest absolute Gasteiger partial charge is 0.306 e. The number of hydrogen-bond donors (Lipinski definition) is 0. The molecule has 0 saturated heterocycles. The highest BCUT2D eigenvalue weighted by Crippen LogP contribution is 2.36. The highest BCUT2D eigenvalue weighted by atomic mass is 16.6. The zero-order chi connectivity index (χ0) is 20.8. The normalized spacial score (nSPS) is 18.4. The van der Waals surface area contributed by atoms with Crippen molar-refractivity contribution in [1.29, 1.82) is 0 Å². The van der Waals surface area contributed by atoms with Crippen LogP contribution in [0.15, 0.2) is 48.5 Å². The van der Waals surface area contributed by atoms with Gasteiger partial charge in [0, 0.05) is 12.8 Å². The Hall–Kier alpha value is -2.70. The quantitative estimate of drug-likeness (QED) is 0.417. The number of benzene rings is 2. The number of esters is 2. The molecular formula is C24H26O6. The summed E-state index contributed by atoms with van der Waals surface area (Å²) in [5.74, 6) is -0.848. The summed E-state index contributed by atoms with van der Waals surface area (Å²) in [5.41, 5.74) is 5.02. The molecule has 2 atom stereocenters. The van der Waals surface area contributed by atoms with Gasteiger partial charge in [-0.05, 0) is 22.3 Å². The number of ether oxygens (including phenoxy) is 4. The van der Waals surface area contributed by atoms with Gasteiger partial charge < -0.3 is 18.9 Å². The molecule has 2 aromatic rings. The molecule has 0 aliphatic heterocycles. The van der Waals surface area contributed by atoms with E-state index < -0.39 is 11.9 Å². The maximum Gasteiger partial charge on any atom is 0.306 e. The van der Waals surface area contributed by atoms with E-state index in [0.717, 1.165) is 12.8 Å². The van der Waals surface area contributed by atoms with Crippen LogP contribution in [0, 0.1) is 0 Å². The second-order valence-corrected chi connectivity index (χ2v) is 7.47. The third kappa shape index (κ3) is 5.07. The van der Waals surface area contributed by atoms with E-state index in [9.17, 15) is 9.59 Å².